The van der Waals surface area contributed by atoms with Crippen molar-refractivity contribution < 1.29 is 0 Å². The fourth-order valence-electron chi connectivity index (χ4n) is 1.20. The first kappa shape index (κ1) is 10.8. The fourth-order valence-corrected chi connectivity index (χ4v) is 2.21. The lowest BCUT2D eigenvalue weighted by atomic mass is 10.3. The van der Waals surface area contributed by atoms with Crippen LogP contribution in [-0.4, -0.2) is 14.8 Å². The Morgan fingerprint density at radius 1 is 1.40 bits per heavy atom. The van der Waals surface area contributed by atoms with Crippen LogP contribution in [0.3, 0.4) is 0 Å². The van der Waals surface area contributed by atoms with E-state index in [2.05, 4.69) is 42.1 Å². The van der Waals surface area contributed by atoms with Crippen LogP contribution in [0.1, 0.15) is 0 Å². The van der Waals surface area contributed by atoms with E-state index in [0.717, 1.165) is 14.6 Å². The molecule has 1 aromatic carbocycles. The van der Waals surface area contributed by atoms with Gasteiger partial charge in [-0.3, -0.25) is 4.57 Å². The number of rotatable bonds is 1. The Kier molecular flexibility index (Phi) is 2.94. The molecular formula is C8H6Br2N4S. The zero-order valence-corrected chi connectivity index (χ0v) is 11.4. The molecule has 3 N–H and O–H groups in total. The highest BCUT2D eigenvalue weighted by Gasteiger charge is 2.08. The molecule has 0 unspecified atom stereocenters. The lowest BCUT2D eigenvalue weighted by Gasteiger charge is -2.06. The Bertz CT molecular complexity index is 560. The van der Waals surface area contributed by atoms with Gasteiger partial charge in [-0.2, -0.15) is 0 Å². The molecule has 0 atom stereocenters. The molecule has 0 saturated heterocycles. The van der Waals surface area contributed by atoms with Gasteiger partial charge in [0.15, 0.2) is 0 Å². The number of anilines is 1. The van der Waals surface area contributed by atoms with Crippen LogP contribution in [0.2, 0.25) is 0 Å². The van der Waals surface area contributed by atoms with E-state index in [1.807, 2.05) is 18.2 Å². The quantitative estimate of drug-likeness (QED) is 0.778. The predicted molar refractivity (Wildman–Crippen MR) is 68.6 cm³/mol. The average Bonchev–Trinajstić information content (AvgIpc) is 2.51. The number of nitrogens with one attached hydrogen (secondary N) is 1. The largest absolute Gasteiger partial charge is 0.368 e. The minimum Gasteiger partial charge on any atom is -0.368 e. The Labute approximate surface area is 108 Å². The molecule has 1 heterocycles. The summed E-state index contributed by atoms with van der Waals surface area (Å²) < 4.78 is 3.97. The molecule has 0 saturated carbocycles. The van der Waals surface area contributed by atoms with Gasteiger partial charge in [0.05, 0.1) is 5.69 Å². The molecule has 7 heteroatoms. The third-order valence-electron chi connectivity index (χ3n) is 1.85. The second kappa shape index (κ2) is 4.07. The fraction of sp³-hybridized carbons (Fsp3) is 0. The summed E-state index contributed by atoms with van der Waals surface area (Å²) in [4.78, 5) is 0. The number of hydrogen-bond acceptors (Lipinski definition) is 3. The van der Waals surface area contributed by atoms with Crippen LogP contribution < -0.4 is 5.73 Å². The third kappa shape index (κ3) is 1.99. The molecule has 0 fully saturated rings. The molecule has 0 bridgehead atoms. The maximum absolute atomic E-state index is 5.71. The predicted octanol–water partition coefficient (Wildman–Crippen LogP) is 3.04. The number of benzene rings is 1. The van der Waals surface area contributed by atoms with E-state index in [9.17, 15) is 0 Å². The van der Waals surface area contributed by atoms with Crippen molar-refractivity contribution in [3.8, 4) is 5.69 Å². The van der Waals surface area contributed by atoms with Crippen molar-refractivity contribution in [2.45, 2.75) is 0 Å². The summed E-state index contributed by atoms with van der Waals surface area (Å²) in [6, 6.07) is 5.74. The van der Waals surface area contributed by atoms with E-state index in [0.29, 0.717) is 10.7 Å². The van der Waals surface area contributed by atoms with Gasteiger partial charge in [-0.25, -0.2) is 5.10 Å². The van der Waals surface area contributed by atoms with Gasteiger partial charge in [-0.05, 0) is 46.3 Å². The Balaban J connectivity index is 2.74. The van der Waals surface area contributed by atoms with Gasteiger partial charge in [0.2, 0.25) is 10.7 Å². The highest BCUT2D eigenvalue weighted by Crippen LogP contribution is 2.26. The van der Waals surface area contributed by atoms with E-state index in [-0.39, 0.29) is 0 Å². The molecule has 15 heavy (non-hydrogen) atoms. The van der Waals surface area contributed by atoms with Crippen molar-refractivity contribution in [3.05, 3.63) is 31.9 Å². The van der Waals surface area contributed by atoms with Gasteiger partial charge >= 0.3 is 0 Å². The minimum atomic E-state index is 0.332. The number of nitrogen functional groups attached to an aromatic ring is 1. The topological polar surface area (TPSA) is 59.6 Å². The maximum Gasteiger partial charge on any atom is 0.225 e. The molecule has 4 nitrogen and oxygen atoms in total. The number of aromatic nitrogens is 3. The van der Waals surface area contributed by atoms with E-state index in [1.165, 1.54) is 0 Å². The number of aromatic amines is 1. The average molecular weight is 350 g/mol. The van der Waals surface area contributed by atoms with Gasteiger partial charge in [0.25, 0.3) is 0 Å². The van der Waals surface area contributed by atoms with Crippen LogP contribution in [0.4, 0.5) is 5.95 Å². The summed E-state index contributed by atoms with van der Waals surface area (Å²) >= 11 is 11.9. The standard InChI is InChI=1S/C8H6Br2N4S/c9-4-1-2-5(10)6(3-4)14-7(11)12-13-8(14)15/h1-3H,(H2,11,12)(H,13,15). The molecule has 0 amide bonds. The molecule has 2 aromatic rings. The number of hydrogen-bond donors (Lipinski definition) is 2. The van der Waals surface area contributed by atoms with Gasteiger partial charge in [0, 0.05) is 8.95 Å². The van der Waals surface area contributed by atoms with Crippen molar-refractivity contribution in [2.24, 2.45) is 0 Å². The van der Waals surface area contributed by atoms with Crippen molar-refractivity contribution in [1.29, 1.82) is 0 Å². The Morgan fingerprint density at radius 3 is 2.73 bits per heavy atom. The van der Waals surface area contributed by atoms with E-state index in [4.69, 9.17) is 18.0 Å². The van der Waals surface area contributed by atoms with Gasteiger partial charge < -0.3 is 5.73 Å². The van der Waals surface area contributed by atoms with Crippen molar-refractivity contribution in [1.82, 2.24) is 14.8 Å². The van der Waals surface area contributed by atoms with Crippen molar-refractivity contribution in [3.63, 3.8) is 0 Å². The van der Waals surface area contributed by atoms with E-state index in [1.54, 1.807) is 4.57 Å². The second-order valence-corrected chi connectivity index (χ2v) is 4.97. The molecule has 2 rings (SSSR count). The highest BCUT2D eigenvalue weighted by atomic mass is 79.9. The normalized spacial score (nSPS) is 10.5. The van der Waals surface area contributed by atoms with Crippen LogP contribution in [0.15, 0.2) is 27.1 Å². The van der Waals surface area contributed by atoms with Crippen LogP contribution in [0, 0.1) is 4.77 Å². The molecule has 78 valence electrons. The lowest BCUT2D eigenvalue weighted by molar-refractivity contribution is 1.03. The third-order valence-corrected chi connectivity index (χ3v) is 3.29. The van der Waals surface area contributed by atoms with Crippen LogP contribution >= 0.6 is 44.1 Å². The second-order valence-electron chi connectivity index (χ2n) is 2.82. The van der Waals surface area contributed by atoms with Gasteiger partial charge in [-0.15, -0.1) is 5.10 Å². The minimum absolute atomic E-state index is 0.332. The first-order valence-electron chi connectivity index (χ1n) is 3.98. The first-order valence-corrected chi connectivity index (χ1v) is 5.97. The monoisotopic (exact) mass is 348 g/mol. The molecule has 1 aromatic heterocycles. The number of H-pyrrole nitrogens is 1. The maximum atomic E-state index is 5.71. The summed E-state index contributed by atoms with van der Waals surface area (Å²) in [6.45, 7) is 0. The van der Waals surface area contributed by atoms with Crippen LogP contribution in [0.25, 0.3) is 5.69 Å². The highest BCUT2D eigenvalue weighted by molar-refractivity contribution is 9.11. The number of nitrogens with two attached hydrogens (primary N) is 1. The van der Waals surface area contributed by atoms with Crippen LogP contribution in [0.5, 0.6) is 0 Å². The van der Waals surface area contributed by atoms with Crippen molar-refractivity contribution >= 4 is 50.0 Å². The molecule has 0 radical (unpaired) electrons. The zero-order chi connectivity index (χ0) is 11.0. The smallest absolute Gasteiger partial charge is 0.225 e. The van der Waals surface area contributed by atoms with Gasteiger partial charge in [0.1, 0.15) is 0 Å². The summed E-state index contributed by atoms with van der Waals surface area (Å²) in [5.74, 6) is 0.332. The molecular weight excluding hydrogens is 344 g/mol. The molecule has 0 aliphatic carbocycles. The first-order chi connectivity index (χ1) is 7.09. The van der Waals surface area contributed by atoms with E-state index >= 15 is 0 Å². The lowest BCUT2D eigenvalue weighted by Crippen LogP contribution is -2.01. The number of nitrogens with zero attached hydrogens (tertiary/aromatic N) is 2. The number of halogens is 2. The molecule has 0 aliphatic heterocycles. The molecule has 0 spiro atoms. The summed E-state index contributed by atoms with van der Waals surface area (Å²) in [5.41, 5.74) is 6.56. The summed E-state index contributed by atoms with van der Waals surface area (Å²) in [6.07, 6.45) is 0. The Morgan fingerprint density at radius 2 is 2.13 bits per heavy atom. The summed E-state index contributed by atoms with van der Waals surface area (Å²) in [5, 5.41) is 6.49. The van der Waals surface area contributed by atoms with Crippen molar-refractivity contribution in [2.75, 3.05) is 5.73 Å². The van der Waals surface area contributed by atoms with Gasteiger partial charge in [-0.1, -0.05) is 15.9 Å². The zero-order valence-electron chi connectivity index (χ0n) is 7.37. The van der Waals surface area contributed by atoms with Crippen LogP contribution in [-0.2, 0) is 0 Å². The summed E-state index contributed by atoms with van der Waals surface area (Å²) in [7, 11) is 0. The van der Waals surface area contributed by atoms with E-state index < -0.39 is 0 Å². The Hall–Kier alpha value is -0.660. The SMILES string of the molecule is Nc1n[nH]c(=S)n1-c1cc(Br)ccc1Br. The molecule has 0 aliphatic rings.